The minimum absolute atomic E-state index is 0.0265. The van der Waals surface area contributed by atoms with Crippen molar-refractivity contribution in [2.75, 3.05) is 37.6 Å². The van der Waals surface area contributed by atoms with Crippen LogP contribution in [0.3, 0.4) is 0 Å². The molecule has 0 aliphatic rings. The number of hydrogen-bond acceptors (Lipinski definition) is 6. The van der Waals surface area contributed by atoms with E-state index in [4.69, 9.17) is 18.9 Å². The molecule has 0 spiro atoms. The van der Waals surface area contributed by atoms with E-state index in [0.29, 0.717) is 64.6 Å². The van der Waals surface area contributed by atoms with Gasteiger partial charge in [0.15, 0.2) is 34.6 Å². The number of carbonyl (C=O) groups excluding carboxylic acids is 2. The van der Waals surface area contributed by atoms with E-state index in [0.717, 1.165) is 0 Å². The Kier molecular flexibility index (Phi) is 12.9. The molecule has 0 N–H and O–H groups in total. The molecule has 31 heavy (non-hydrogen) atoms. The molecule has 0 aliphatic heterocycles. The molecule has 0 heterocycles. The Morgan fingerprint density at radius 3 is 1.45 bits per heavy atom. The van der Waals surface area contributed by atoms with Gasteiger partial charge in [0.25, 0.3) is 0 Å². The lowest BCUT2D eigenvalue weighted by Gasteiger charge is -2.11. The molecule has 170 valence electrons. The van der Waals surface area contributed by atoms with Gasteiger partial charge in [0, 0.05) is 11.1 Å². The molecule has 0 bridgehead atoms. The molecule has 2 aromatic carbocycles. The van der Waals surface area contributed by atoms with Gasteiger partial charge in [-0.2, -0.15) is 0 Å². The van der Waals surface area contributed by atoms with Crippen molar-refractivity contribution in [2.45, 2.75) is 20.8 Å². The first-order valence-corrected chi connectivity index (χ1v) is 12.1. The number of benzene rings is 2. The predicted octanol–water partition coefficient (Wildman–Crippen LogP) is 5.73. The molecule has 0 saturated carbocycles. The molecular weight excluding hydrogens is 532 g/mol. The number of ether oxygens (including phenoxy) is 4. The summed E-state index contributed by atoms with van der Waals surface area (Å²) in [5, 5.41) is 0.622. The van der Waals surface area contributed by atoms with E-state index in [2.05, 4.69) is 31.9 Å². The largest absolute Gasteiger partial charge is 0.493 e. The van der Waals surface area contributed by atoms with Crippen molar-refractivity contribution in [1.29, 1.82) is 0 Å². The first kappa shape index (κ1) is 27.0. The van der Waals surface area contributed by atoms with Crippen LogP contribution in [0.1, 0.15) is 41.5 Å². The molecule has 8 heteroatoms. The summed E-state index contributed by atoms with van der Waals surface area (Å²) >= 11 is 6.27. The number of methoxy groups -OCH3 is 1. The lowest BCUT2D eigenvalue weighted by atomic mass is 10.1. The number of Topliss-reactive ketones (excluding diaryl/α,β-unsaturated/α-hetero) is 2. The van der Waals surface area contributed by atoms with Crippen LogP contribution in [0.5, 0.6) is 23.0 Å². The van der Waals surface area contributed by atoms with Crippen molar-refractivity contribution >= 4 is 43.4 Å². The van der Waals surface area contributed by atoms with Gasteiger partial charge in [-0.1, -0.05) is 31.9 Å². The summed E-state index contributed by atoms with van der Waals surface area (Å²) in [6, 6.07) is 10.4. The maximum Gasteiger partial charge on any atom is 0.173 e. The quantitative estimate of drug-likeness (QED) is 0.258. The minimum atomic E-state index is 0.0265. The summed E-state index contributed by atoms with van der Waals surface area (Å²) in [4.78, 5) is 22.9. The fourth-order valence-electron chi connectivity index (χ4n) is 2.50. The second-order valence-corrected chi connectivity index (χ2v) is 7.06. The van der Waals surface area contributed by atoms with E-state index < -0.39 is 0 Å². The predicted molar refractivity (Wildman–Crippen MR) is 129 cm³/mol. The highest BCUT2D eigenvalue weighted by molar-refractivity contribution is 9.09. The first-order chi connectivity index (χ1) is 14.9. The van der Waals surface area contributed by atoms with Crippen molar-refractivity contribution in [3.8, 4) is 23.0 Å². The Balaban J connectivity index is 0.000000311. The van der Waals surface area contributed by atoms with Gasteiger partial charge in [-0.15, -0.1) is 0 Å². The minimum Gasteiger partial charge on any atom is -0.493 e. The van der Waals surface area contributed by atoms with Gasteiger partial charge in [-0.25, -0.2) is 0 Å². The van der Waals surface area contributed by atoms with Gasteiger partial charge in [-0.3, -0.25) is 9.59 Å². The van der Waals surface area contributed by atoms with Gasteiger partial charge in [0.2, 0.25) is 0 Å². The zero-order chi connectivity index (χ0) is 23.2. The van der Waals surface area contributed by atoms with Crippen molar-refractivity contribution in [3.05, 3.63) is 47.5 Å². The van der Waals surface area contributed by atoms with Gasteiger partial charge >= 0.3 is 0 Å². The molecule has 0 saturated heterocycles. The highest BCUT2D eigenvalue weighted by Gasteiger charge is 2.11. The summed E-state index contributed by atoms with van der Waals surface area (Å²) < 4.78 is 21.3. The molecule has 0 aliphatic carbocycles. The second kappa shape index (κ2) is 14.9. The normalized spacial score (nSPS) is 9.87. The Bertz CT molecular complexity index is 854. The highest BCUT2D eigenvalue weighted by atomic mass is 79.9. The van der Waals surface area contributed by atoms with Crippen molar-refractivity contribution in [1.82, 2.24) is 0 Å². The summed E-state index contributed by atoms with van der Waals surface area (Å²) in [7, 11) is 1.57. The number of hydrogen-bond donors (Lipinski definition) is 0. The van der Waals surface area contributed by atoms with Gasteiger partial charge < -0.3 is 18.9 Å². The summed E-state index contributed by atoms with van der Waals surface area (Å²) in [6.07, 6.45) is 0. The third-order valence-corrected chi connectivity index (χ3v) is 4.91. The smallest absolute Gasteiger partial charge is 0.173 e. The first-order valence-electron chi connectivity index (χ1n) is 9.84. The van der Waals surface area contributed by atoms with Crippen LogP contribution in [0, 0.1) is 0 Å². The second-order valence-electron chi connectivity index (χ2n) is 5.94. The molecule has 0 radical (unpaired) electrons. The number of carbonyl (C=O) groups is 2. The Morgan fingerprint density at radius 1 is 0.677 bits per heavy atom. The summed E-state index contributed by atoms with van der Waals surface area (Å²) in [5.41, 5.74) is 1.25. The average molecular weight is 560 g/mol. The fourth-order valence-corrected chi connectivity index (χ4v) is 3.14. The van der Waals surface area contributed by atoms with Gasteiger partial charge in [0.05, 0.1) is 37.6 Å². The Labute approximate surface area is 200 Å². The molecule has 0 unspecified atom stereocenters. The van der Waals surface area contributed by atoms with Crippen LogP contribution in [-0.4, -0.2) is 49.2 Å². The zero-order valence-electron chi connectivity index (χ0n) is 18.2. The number of ketones is 2. The average Bonchev–Trinajstić information content (AvgIpc) is 2.80. The number of halogens is 2. The van der Waals surface area contributed by atoms with Gasteiger partial charge in [-0.05, 0) is 57.2 Å². The van der Waals surface area contributed by atoms with E-state index >= 15 is 0 Å². The number of rotatable bonds is 11. The van der Waals surface area contributed by atoms with Crippen molar-refractivity contribution in [3.63, 3.8) is 0 Å². The summed E-state index contributed by atoms with van der Waals surface area (Å²) in [6.45, 7) is 7.36. The van der Waals surface area contributed by atoms with E-state index in [-0.39, 0.29) is 11.6 Å². The van der Waals surface area contributed by atoms with Crippen molar-refractivity contribution in [2.24, 2.45) is 0 Å². The monoisotopic (exact) mass is 558 g/mol. The molecule has 2 aromatic rings. The SMILES string of the molecule is CCOc1cc(C(=O)CBr)ccc1OC.CCOc1ccc(C(=O)CBr)cc1OCC. The fraction of sp³-hybridized carbons (Fsp3) is 0.391. The molecule has 0 fully saturated rings. The molecule has 2 rings (SSSR count). The Hall–Kier alpha value is -2.06. The lowest BCUT2D eigenvalue weighted by molar-refractivity contribution is 0.101. The molecular formula is C23H28Br2O6. The van der Waals surface area contributed by atoms with Crippen LogP contribution in [0.25, 0.3) is 0 Å². The van der Waals surface area contributed by atoms with Crippen LogP contribution in [-0.2, 0) is 0 Å². The van der Waals surface area contributed by atoms with Crippen molar-refractivity contribution < 1.29 is 28.5 Å². The van der Waals surface area contributed by atoms with E-state index in [1.54, 1.807) is 43.5 Å². The molecule has 0 aromatic heterocycles. The maximum atomic E-state index is 11.5. The molecule has 0 atom stereocenters. The van der Waals surface area contributed by atoms with Crippen LogP contribution in [0.2, 0.25) is 0 Å². The van der Waals surface area contributed by atoms with Crippen LogP contribution < -0.4 is 18.9 Å². The van der Waals surface area contributed by atoms with Crippen LogP contribution >= 0.6 is 31.9 Å². The Morgan fingerprint density at radius 2 is 1.06 bits per heavy atom. The number of alkyl halides is 2. The van der Waals surface area contributed by atoms with E-state index in [1.807, 2.05) is 20.8 Å². The van der Waals surface area contributed by atoms with E-state index in [9.17, 15) is 9.59 Å². The van der Waals surface area contributed by atoms with E-state index in [1.165, 1.54) is 0 Å². The lowest BCUT2D eigenvalue weighted by Crippen LogP contribution is -2.03. The summed E-state index contributed by atoms with van der Waals surface area (Å²) in [5.74, 6) is 2.60. The highest BCUT2D eigenvalue weighted by Crippen LogP contribution is 2.29. The zero-order valence-corrected chi connectivity index (χ0v) is 21.4. The molecule has 0 amide bonds. The third kappa shape index (κ3) is 8.53. The van der Waals surface area contributed by atoms with Crippen LogP contribution in [0.15, 0.2) is 36.4 Å². The molecule has 6 nitrogen and oxygen atoms in total. The third-order valence-electron chi connectivity index (χ3n) is 3.89. The van der Waals surface area contributed by atoms with Crippen LogP contribution in [0.4, 0.5) is 0 Å². The topological polar surface area (TPSA) is 71.1 Å². The maximum absolute atomic E-state index is 11.5. The standard InChI is InChI=1S/C12H15BrO3.C11H13BrO3/c1-3-15-11-6-5-9(10(14)8-13)7-12(11)16-4-2;1-3-15-11-6-8(9(13)7-12)4-5-10(11)14-2/h5-7H,3-4,8H2,1-2H3;4-6H,3,7H2,1-2H3. The van der Waals surface area contributed by atoms with Gasteiger partial charge in [0.1, 0.15) is 0 Å².